The predicted octanol–water partition coefficient (Wildman–Crippen LogP) is 3.66. The van der Waals surface area contributed by atoms with Crippen LogP contribution in [-0.4, -0.2) is 39.8 Å². The maximum absolute atomic E-state index is 12.6. The van der Waals surface area contributed by atoms with Crippen molar-refractivity contribution in [1.29, 1.82) is 0 Å². The highest BCUT2D eigenvalue weighted by Gasteiger charge is 2.38. The summed E-state index contributed by atoms with van der Waals surface area (Å²) < 4.78 is 36.3. The topological polar surface area (TPSA) is 84.9 Å². The van der Waals surface area contributed by atoms with Gasteiger partial charge in [0.15, 0.2) is 6.61 Å². The fourth-order valence-electron chi connectivity index (χ4n) is 3.76. The van der Waals surface area contributed by atoms with Crippen LogP contribution in [0.4, 0.5) is 5.69 Å². The molecule has 0 radical (unpaired) electrons. The third-order valence-corrected chi connectivity index (χ3v) is 7.09. The van der Waals surface area contributed by atoms with Crippen molar-refractivity contribution < 1.29 is 22.7 Å². The van der Waals surface area contributed by atoms with E-state index in [0.29, 0.717) is 17.9 Å². The molecule has 8 heteroatoms. The van der Waals surface area contributed by atoms with Gasteiger partial charge in [0, 0.05) is 19.0 Å². The number of carbonyl (C=O) groups is 1. The number of nitrogens with one attached hydrogen (secondary N) is 1. The number of anilines is 1. The lowest BCUT2D eigenvalue weighted by Gasteiger charge is -2.41. The molecule has 0 spiro atoms. The number of hydrogen-bond acceptors (Lipinski definition) is 5. The molecular formula is C23H30N2O5S. The summed E-state index contributed by atoms with van der Waals surface area (Å²) in [6, 6.07) is 14.2. The molecule has 168 valence electrons. The molecule has 2 aromatic rings. The van der Waals surface area contributed by atoms with Gasteiger partial charge in [-0.2, -0.15) is 0 Å². The van der Waals surface area contributed by atoms with Crippen molar-refractivity contribution in [2.24, 2.45) is 0 Å². The highest BCUT2D eigenvalue weighted by molar-refractivity contribution is 7.92. The molecule has 0 fully saturated rings. The quantitative estimate of drug-likeness (QED) is 0.669. The van der Waals surface area contributed by atoms with Crippen molar-refractivity contribution in [3.8, 4) is 11.5 Å². The molecule has 1 aliphatic rings. The van der Waals surface area contributed by atoms with Crippen molar-refractivity contribution >= 4 is 21.6 Å². The van der Waals surface area contributed by atoms with Gasteiger partial charge in [-0.05, 0) is 43.2 Å². The Hall–Kier alpha value is -2.74. The molecule has 0 saturated heterocycles. The molecule has 1 N–H and O–H groups in total. The lowest BCUT2D eigenvalue weighted by molar-refractivity contribution is -0.124. The number of benzene rings is 2. The zero-order valence-electron chi connectivity index (χ0n) is 18.4. The Bertz CT molecular complexity index is 1020. The SMILES string of the molecule is CCC1(CC)C[C@H](NC(=O)COc2ccc(N(C)S(C)(=O)=O)cc2)c2ccccc2O1. The minimum Gasteiger partial charge on any atom is -0.487 e. The second-order valence-electron chi connectivity index (χ2n) is 7.87. The van der Waals surface area contributed by atoms with Crippen LogP contribution in [0.3, 0.4) is 0 Å². The first-order valence-electron chi connectivity index (χ1n) is 10.4. The molecule has 1 amide bonds. The van der Waals surface area contributed by atoms with Gasteiger partial charge in [-0.3, -0.25) is 9.10 Å². The molecule has 0 saturated carbocycles. The summed E-state index contributed by atoms with van der Waals surface area (Å²) in [5.74, 6) is 1.08. The van der Waals surface area contributed by atoms with E-state index in [1.165, 1.54) is 11.4 Å². The van der Waals surface area contributed by atoms with Crippen LogP contribution in [0.5, 0.6) is 11.5 Å². The van der Waals surface area contributed by atoms with Crippen molar-refractivity contribution in [3.05, 3.63) is 54.1 Å². The Labute approximate surface area is 184 Å². The summed E-state index contributed by atoms with van der Waals surface area (Å²) in [6.45, 7) is 4.07. The molecular weight excluding hydrogens is 416 g/mol. The van der Waals surface area contributed by atoms with E-state index in [1.54, 1.807) is 24.3 Å². The lowest BCUT2D eigenvalue weighted by atomic mass is 9.83. The number of nitrogens with zero attached hydrogens (tertiary/aromatic N) is 1. The van der Waals surface area contributed by atoms with Gasteiger partial charge in [-0.1, -0.05) is 32.0 Å². The number of hydrogen-bond donors (Lipinski definition) is 1. The molecule has 0 unspecified atom stereocenters. The van der Waals surface area contributed by atoms with Gasteiger partial charge in [0.05, 0.1) is 18.0 Å². The van der Waals surface area contributed by atoms with E-state index in [4.69, 9.17) is 9.47 Å². The molecule has 3 rings (SSSR count). The maximum Gasteiger partial charge on any atom is 0.258 e. The van der Waals surface area contributed by atoms with E-state index in [1.807, 2.05) is 24.3 Å². The largest absolute Gasteiger partial charge is 0.487 e. The number of amides is 1. The molecule has 0 aromatic heterocycles. The van der Waals surface area contributed by atoms with Crippen molar-refractivity contribution in [3.63, 3.8) is 0 Å². The zero-order valence-corrected chi connectivity index (χ0v) is 19.2. The van der Waals surface area contributed by atoms with Crippen LogP contribution < -0.4 is 19.1 Å². The number of para-hydroxylation sites is 1. The third-order valence-electron chi connectivity index (χ3n) is 5.89. The fourth-order valence-corrected chi connectivity index (χ4v) is 4.26. The minimum atomic E-state index is -3.33. The van der Waals surface area contributed by atoms with Gasteiger partial charge < -0.3 is 14.8 Å². The van der Waals surface area contributed by atoms with Gasteiger partial charge in [0.25, 0.3) is 5.91 Å². The number of sulfonamides is 1. The van der Waals surface area contributed by atoms with Crippen molar-refractivity contribution in [2.75, 3.05) is 24.2 Å². The van der Waals surface area contributed by atoms with Crippen LogP contribution in [0.25, 0.3) is 0 Å². The highest BCUT2D eigenvalue weighted by atomic mass is 32.2. The molecule has 0 bridgehead atoms. The van der Waals surface area contributed by atoms with E-state index in [-0.39, 0.29) is 24.2 Å². The summed E-state index contributed by atoms with van der Waals surface area (Å²) in [6.07, 6.45) is 3.56. The number of ether oxygens (including phenoxy) is 2. The van der Waals surface area contributed by atoms with Crippen LogP contribution in [0, 0.1) is 0 Å². The van der Waals surface area contributed by atoms with E-state index in [9.17, 15) is 13.2 Å². The van der Waals surface area contributed by atoms with Crippen molar-refractivity contribution in [2.45, 2.75) is 44.8 Å². The molecule has 1 heterocycles. The summed E-state index contributed by atoms with van der Waals surface area (Å²) in [5.41, 5.74) is 1.20. The number of carbonyl (C=O) groups excluding carboxylic acids is 1. The average Bonchev–Trinajstić information content (AvgIpc) is 2.76. The fraction of sp³-hybridized carbons (Fsp3) is 0.435. The third kappa shape index (κ3) is 5.31. The van der Waals surface area contributed by atoms with Crippen LogP contribution >= 0.6 is 0 Å². The van der Waals surface area contributed by atoms with Gasteiger partial charge in [-0.15, -0.1) is 0 Å². The van der Waals surface area contributed by atoms with Crippen molar-refractivity contribution in [1.82, 2.24) is 5.32 Å². The molecule has 7 nitrogen and oxygen atoms in total. The lowest BCUT2D eigenvalue weighted by Crippen LogP contribution is -2.45. The Morgan fingerprint density at radius 1 is 1.16 bits per heavy atom. The second kappa shape index (κ2) is 9.18. The van der Waals surface area contributed by atoms with Crippen LogP contribution in [0.15, 0.2) is 48.5 Å². The van der Waals surface area contributed by atoms with Gasteiger partial charge in [-0.25, -0.2) is 8.42 Å². The summed E-state index contributed by atoms with van der Waals surface area (Å²) in [5, 5.41) is 3.09. The van der Waals surface area contributed by atoms with Crippen LogP contribution in [0.1, 0.15) is 44.7 Å². The first-order chi connectivity index (χ1) is 14.7. The monoisotopic (exact) mass is 446 g/mol. The zero-order chi connectivity index (χ0) is 22.6. The maximum atomic E-state index is 12.6. The average molecular weight is 447 g/mol. The minimum absolute atomic E-state index is 0.133. The normalized spacial score (nSPS) is 17.2. The van der Waals surface area contributed by atoms with Crippen LogP contribution in [0.2, 0.25) is 0 Å². The number of rotatable bonds is 8. The standard InChI is InChI=1S/C23H30N2O5S/c1-5-23(6-2)15-20(19-9-7-8-10-21(19)30-23)24-22(26)16-29-18-13-11-17(12-14-18)25(3)31(4,27)28/h7-14,20H,5-6,15-16H2,1-4H3,(H,24,26)/t20-/m0/s1. The van der Waals surface area contributed by atoms with E-state index >= 15 is 0 Å². The summed E-state index contributed by atoms with van der Waals surface area (Å²) in [4.78, 5) is 12.6. The molecule has 0 aliphatic carbocycles. The Balaban J connectivity index is 1.64. The molecule has 31 heavy (non-hydrogen) atoms. The first kappa shape index (κ1) is 22.9. The van der Waals surface area contributed by atoms with E-state index < -0.39 is 10.0 Å². The smallest absolute Gasteiger partial charge is 0.258 e. The Morgan fingerprint density at radius 2 is 1.81 bits per heavy atom. The Morgan fingerprint density at radius 3 is 2.42 bits per heavy atom. The first-order valence-corrected chi connectivity index (χ1v) is 12.3. The van der Waals surface area contributed by atoms with Gasteiger partial charge in [0.1, 0.15) is 17.1 Å². The Kier molecular flexibility index (Phi) is 6.79. The van der Waals surface area contributed by atoms with Gasteiger partial charge >= 0.3 is 0 Å². The second-order valence-corrected chi connectivity index (χ2v) is 9.88. The molecule has 2 aromatic carbocycles. The summed E-state index contributed by atoms with van der Waals surface area (Å²) >= 11 is 0. The van der Waals surface area contributed by atoms with Gasteiger partial charge in [0.2, 0.25) is 10.0 Å². The van der Waals surface area contributed by atoms with Crippen LogP contribution in [-0.2, 0) is 14.8 Å². The molecule has 1 aliphatic heterocycles. The highest BCUT2D eigenvalue weighted by Crippen LogP contribution is 2.42. The van der Waals surface area contributed by atoms with E-state index in [2.05, 4.69) is 19.2 Å². The summed E-state index contributed by atoms with van der Waals surface area (Å²) in [7, 11) is -1.85. The molecule has 1 atom stereocenters. The number of fused-ring (bicyclic) bond motifs is 1. The van der Waals surface area contributed by atoms with E-state index in [0.717, 1.165) is 30.4 Å². The predicted molar refractivity (Wildman–Crippen MR) is 121 cm³/mol.